The van der Waals surface area contributed by atoms with Crippen molar-refractivity contribution >= 4 is 16.0 Å². The Morgan fingerprint density at radius 1 is 1.25 bits per heavy atom. The highest BCUT2D eigenvalue weighted by atomic mass is 32.2. The number of nitrogens with one attached hydrogen (secondary N) is 2. The molecule has 7 nitrogen and oxygen atoms in total. The zero-order chi connectivity index (χ0) is 15.3. The first-order valence-electron chi connectivity index (χ1n) is 6.35. The van der Waals surface area contributed by atoms with Gasteiger partial charge in [-0.1, -0.05) is 6.92 Å². The fourth-order valence-corrected chi connectivity index (χ4v) is 3.38. The Labute approximate surface area is 118 Å². The van der Waals surface area contributed by atoms with Gasteiger partial charge in [-0.15, -0.1) is 0 Å². The van der Waals surface area contributed by atoms with Crippen molar-refractivity contribution in [2.45, 2.75) is 32.1 Å². The Bertz CT molecular complexity index is 577. The van der Waals surface area contributed by atoms with Crippen molar-refractivity contribution in [2.75, 3.05) is 19.6 Å². The summed E-state index contributed by atoms with van der Waals surface area (Å²) < 4.78 is 31.9. The number of hydrogen-bond acceptors (Lipinski definition) is 5. The van der Waals surface area contributed by atoms with E-state index in [1.807, 2.05) is 6.92 Å². The van der Waals surface area contributed by atoms with E-state index in [1.54, 1.807) is 0 Å². The van der Waals surface area contributed by atoms with Crippen LogP contribution in [0.5, 0.6) is 0 Å². The van der Waals surface area contributed by atoms with Crippen molar-refractivity contribution in [3.63, 3.8) is 0 Å². The quantitative estimate of drug-likeness (QED) is 0.615. The minimum absolute atomic E-state index is 0.0825. The Balaban J connectivity index is 2.90. The Morgan fingerprint density at radius 3 is 2.45 bits per heavy atom. The van der Waals surface area contributed by atoms with Gasteiger partial charge in [0.15, 0.2) is 0 Å². The van der Waals surface area contributed by atoms with Gasteiger partial charge in [0.2, 0.25) is 10.0 Å². The molecule has 0 aliphatic heterocycles. The maximum absolute atomic E-state index is 12.2. The Kier molecular flexibility index (Phi) is 5.73. The first kappa shape index (κ1) is 16.7. The predicted molar refractivity (Wildman–Crippen MR) is 73.5 cm³/mol. The molecule has 0 unspecified atom stereocenters. The van der Waals surface area contributed by atoms with E-state index in [4.69, 9.17) is 9.52 Å². The molecule has 114 valence electrons. The summed E-state index contributed by atoms with van der Waals surface area (Å²) in [4.78, 5) is 10.9. The highest BCUT2D eigenvalue weighted by Gasteiger charge is 2.30. The van der Waals surface area contributed by atoms with Crippen LogP contribution in [0.2, 0.25) is 0 Å². The molecular formula is C12H20N2O5S. The smallest absolute Gasteiger partial charge is 0.340 e. The molecule has 0 aromatic carbocycles. The number of rotatable bonds is 8. The van der Waals surface area contributed by atoms with E-state index in [0.717, 1.165) is 6.54 Å². The van der Waals surface area contributed by atoms with E-state index < -0.39 is 16.0 Å². The van der Waals surface area contributed by atoms with Crippen LogP contribution in [0, 0.1) is 13.8 Å². The monoisotopic (exact) mass is 304 g/mol. The molecule has 3 N–H and O–H groups in total. The van der Waals surface area contributed by atoms with Crippen LogP contribution in [0.15, 0.2) is 9.31 Å². The van der Waals surface area contributed by atoms with Crippen molar-refractivity contribution < 1.29 is 22.7 Å². The van der Waals surface area contributed by atoms with Crippen molar-refractivity contribution in [1.29, 1.82) is 0 Å². The van der Waals surface area contributed by atoms with Gasteiger partial charge >= 0.3 is 5.97 Å². The summed E-state index contributed by atoms with van der Waals surface area (Å²) in [7, 11) is -3.89. The largest absolute Gasteiger partial charge is 0.478 e. The van der Waals surface area contributed by atoms with E-state index in [0.29, 0.717) is 13.0 Å². The van der Waals surface area contributed by atoms with Crippen LogP contribution in [0.1, 0.15) is 35.2 Å². The summed E-state index contributed by atoms with van der Waals surface area (Å²) in [6.07, 6.45) is 0.616. The molecule has 0 aliphatic rings. The third kappa shape index (κ3) is 3.81. The van der Waals surface area contributed by atoms with Gasteiger partial charge in [-0.2, -0.15) is 0 Å². The fourth-order valence-electron chi connectivity index (χ4n) is 1.90. The number of aryl methyl sites for hydroxylation is 2. The lowest BCUT2D eigenvalue weighted by Gasteiger charge is -2.07. The average molecular weight is 304 g/mol. The van der Waals surface area contributed by atoms with Crippen molar-refractivity contribution in [1.82, 2.24) is 10.0 Å². The molecule has 1 aromatic heterocycles. The van der Waals surface area contributed by atoms with E-state index in [-0.39, 0.29) is 28.5 Å². The molecule has 0 bridgehead atoms. The number of aromatic carboxylic acids is 1. The van der Waals surface area contributed by atoms with Gasteiger partial charge in [0.05, 0.1) is 0 Å². The zero-order valence-corrected chi connectivity index (χ0v) is 12.6. The maximum atomic E-state index is 12.2. The van der Waals surface area contributed by atoms with Gasteiger partial charge in [0.1, 0.15) is 22.0 Å². The van der Waals surface area contributed by atoms with Crippen molar-refractivity contribution in [2.24, 2.45) is 0 Å². The zero-order valence-electron chi connectivity index (χ0n) is 11.8. The van der Waals surface area contributed by atoms with Crippen LogP contribution in [0.3, 0.4) is 0 Å². The number of carboxylic acids is 1. The standard InChI is InChI=1S/C12H20N2O5S/c1-4-13-6-5-7-14-20(17,18)11-9(3)19-8(2)10(11)12(15)16/h13-14H,4-7H2,1-3H3,(H,15,16). The summed E-state index contributed by atoms with van der Waals surface area (Å²) in [6.45, 7) is 6.57. The third-order valence-electron chi connectivity index (χ3n) is 2.76. The van der Waals surface area contributed by atoms with Gasteiger partial charge in [-0.25, -0.2) is 17.9 Å². The lowest BCUT2D eigenvalue weighted by Crippen LogP contribution is -2.28. The first-order chi connectivity index (χ1) is 9.31. The minimum atomic E-state index is -3.89. The second-order valence-electron chi connectivity index (χ2n) is 4.33. The van der Waals surface area contributed by atoms with Crippen LogP contribution in [-0.4, -0.2) is 39.1 Å². The minimum Gasteiger partial charge on any atom is -0.478 e. The normalized spacial score (nSPS) is 11.8. The molecule has 0 amide bonds. The van der Waals surface area contributed by atoms with Gasteiger partial charge in [-0.3, -0.25) is 0 Å². The number of furan rings is 1. The highest BCUT2D eigenvalue weighted by Crippen LogP contribution is 2.26. The molecule has 0 spiro atoms. The van der Waals surface area contributed by atoms with E-state index in [9.17, 15) is 13.2 Å². The molecule has 8 heteroatoms. The third-order valence-corrected chi connectivity index (χ3v) is 4.37. The molecule has 0 saturated carbocycles. The first-order valence-corrected chi connectivity index (χ1v) is 7.83. The predicted octanol–water partition coefficient (Wildman–Crippen LogP) is 0.873. The summed E-state index contributed by atoms with van der Waals surface area (Å²) in [5.41, 5.74) is -0.304. The van der Waals surface area contributed by atoms with E-state index in [1.165, 1.54) is 13.8 Å². The van der Waals surface area contributed by atoms with Gasteiger partial charge in [0, 0.05) is 6.54 Å². The Hall–Kier alpha value is -1.38. The molecule has 1 rings (SSSR count). The molecule has 1 heterocycles. The second-order valence-corrected chi connectivity index (χ2v) is 6.03. The van der Waals surface area contributed by atoms with Crippen LogP contribution in [-0.2, 0) is 10.0 Å². The number of hydrogen-bond donors (Lipinski definition) is 3. The molecule has 0 saturated heterocycles. The lowest BCUT2D eigenvalue weighted by atomic mass is 10.2. The molecular weight excluding hydrogens is 284 g/mol. The summed E-state index contributed by atoms with van der Waals surface area (Å²) in [6, 6.07) is 0. The molecule has 0 aliphatic carbocycles. The van der Waals surface area contributed by atoms with Gasteiger partial charge < -0.3 is 14.8 Å². The summed E-state index contributed by atoms with van der Waals surface area (Å²) in [5.74, 6) is -1.14. The van der Waals surface area contributed by atoms with Gasteiger partial charge in [-0.05, 0) is 33.4 Å². The average Bonchev–Trinajstić information content (AvgIpc) is 2.64. The van der Waals surface area contributed by atoms with Crippen LogP contribution in [0.4, 0.5) is 0 Å². The molecule has 0 radical (unpaired) electrons. The number of carbonyl (C=O) groups is 1. The highest BCUT2D eigenvalue weighted by molar-refractivity contribution is 7.89. The van der Waals surface area contributed by atoms with Crippen molar-refractivity contribution in [3.05, 3.63) is 17.1 Å². The number of sulfonamides is 1. The van der Waals surface area contributed by atoms with E-state index in [2.05, 4.69) is 10.0 Å². The van der Waals surface area contributed by atoms with Crippen LogP contribution >= 0.6 is 0 Å². The molecule has 0 fully saturated rings. The molecule has 20 heavy (non-hydrogen) atoms. The Morgan fingerprint density at radius 2 is 1.90 bits per heavy atom. The molecule has 0 atom stereocenters. The summed E-state index contributed by atoms with van der Waals surface area (Å²) >= 11 is 0. The topological polar surface area (TPSA) is 109 Å². The van der Waals surface area contributed by atoms with Crippen LogP contribution < -0.4 is 10.0 Å². The number of carboxylic acid groups (broad SMARTS) is 1. The van der Waals surface area contributed by atoms with E-state index >= 15 is 0 Å². The van der Waals surface area contributed by atoms with Crippen molar-refractivity contribution in [3.8, 4) is 0 Å². The fraction of sp³-hybridized carbons (Fsp3) is 0.583. The van der Waals surface area contributed by atoms with Gasteiger partial charge in [0.25, 0.3) is 0 Å². The lowest BCUT2D eigenvalue weighted by molar-refractivity contribution is 0.0691. The van der Waals surface area contributed by atoms with Crippen LogP contribution in [0.25, 0.3) is 0 Å². The SMILES string of the molecule is CCNCCCNS(=O)(=O)c1c(C)oc(C)c1C(=O)O. The second kappa shape index (κ2) is 6.87. The summed E-state index contributed by atoms with van der Waals surface area (Å²) in [5, 5.41) is 12.2. The molecule has 1 aromatic rings. The maximum Gasteiger partial charge on any atom is 0.340 e.